The number of hydrogen-bond acceptors (Lipinski definition) is 3. The Morgan fingerprint density at radius 1 is 1.14 bits per heavy atom. The summed E-state index contributed by atoms with van der Waals surface area (Å²) in [6.07, 6.45) is 8.21. The van der Waals surface area contributed by atoms with Gasteiger partial charge in [0.05, 0.1) is 5.52 Å². The summed E-state index contributed by atoms with van der Waals surface area (Å²) in [5.41, 5.74) is 1.49. The fourth-order valence-corrected chi connectivity index (χ4v) is 6.82. The lowest BCUT2D eigenvalue weighted by Crippen LogP contribution is -2.46. The molecule has 0 aliphatic heterocycles. The highest BCUT2D eigenvalue weighted by molar-refractivity contribution is 5.95. The monoisotopic (exact) mass is 379 g/mol. The van der Waals surface area contributed by atoms with E-state index in [1.807, 2.05) is 42.7 Å². The summed E-state index contributed by atoms with van der Waals surface area (Å²) in [6.45, 7) is 4.04. The van der Waals surface area contributed by atoms with Gasteiger partial charge in [-0.3, -0.25) is 4.79 Å². The number of nitrogens with zero attached hydrogens (tertiary/aromatic N) is 3. The summed E-state index contributed by atoms with van der Waals surface area (Å²) < 4.78 is 1.84. The van der Waals surface area contributed by atoms with E-state index in [1.165, 1.54) is 38.5 Å². The van der Waals surface area contributed by atoms with Crippen LogP contribution in [0.15, 0.2) is 34.5 Å². The Kier molecular flexibility index (Phi) is 4.11. The van der Waals surface area contributed by atoms with Crippen molar-refractivity contribution >= 4 is 22.5 Å². The Labute approximate surface area is 165 Å². The fraction of sp³-hybridized carbons (Fsp3) is 0.609. The first-order chi connectivity index (χ1) is 13.4. The number of fused-ring (bicyclic) bond motifs is 1. The molecule has 4 fully saturated rings. The fourth-order valence-electron chi connectivity index (χ4n) is 6.82. The summed E-state index contributed by atoms with van der Waals surface area (Å²) in [6, 6.07) is 7.84. The van der Waals surface area contributed by atoms with Crippen molar-refractivity contribution in [3.63, 3.8) is 0 Å². The summed E-state index contributed by atoms with van der Waals surface area (Å²) in [4.78, 5) is 12.7. The number of carbonyl (C=O) groups is 1. The zero-order valence-electron chi connectivity index (χ0n) is 16.8. The first-order valence-electron chi connectivity index (χ1n) is 10.7. The molecule has 1 heterocycles. The molecule has 1 amide bonds. The van der Waals surface area contributed by atoms with Crippen LogP contribution < -0.4 is 0 Å². The van der Waals surface area contributed by atoms with Crippen LogP contribution in [0.5, 0.6) is 5.88 Å². The van der Waals surface area contributed by atoms with Crippen LogP contribution in [0, 0.1) is 23.2 Å². The molecule has 4 aliphatic rings. The zero-order valence-corrected chi connectivity index (χ0v) is 16.8. The largest absolute Gasteiger partial charge is 0.493 e. The van der Waals surface area contributed by atoms with E-state index in [0.717, 1.165) is 28.7 Å². The van der Waals surface area contributed by atoms with E-state index in [2.05, 4.69) is 10.2 Å². The number of aromatic nitrogens is 1. The van der Waals surface area contributed by atoms with Gasteiger partial charge in [0.1, 0.15) is 0 Å². The molecule has 2 aromatic rings. The first kappa shape index (κ1) is 17.9. The maximum atomic E-state index is 12.7. The van der Waals surface area contributed by atoms with Gasteiger partial charge in [-0.15, -0.1) is 10.2 Å². The molecule has 0 radical (unpaired) electrons. The van der Waals surface area contributed by atoms with Crippen molar-refractivity contribution in [1.82, 2.24) is 4.57 Å². The van der Waals surface area contributed by atoms with Crippen LogP contribution >= 0.6 is 0 Å². The van der Waals surface area contributed by atoms with Crippen LogP contribution in [-0.4, -0.2) is 15.6 Å². The highest BCUT2D eigenvalue weighted by Gasteiger charge is 2.51. The van der Waals surface area contributed by atoms with Crippen molar-refractivity contribution in [2.45, 2.75) is 64.8 Å². The molecule has 4 bridgehead atoms. The van der Waals surface area contributed by atoms with Gasteiger partial charge in [0.2, 0.25) is 5.88 Å². The zero-order chi connectivity index (χ0) is 19.5. The Morgan fingerprint density at radius 3 is 2.36 bits per heavy atom. The van der Waals surface area contributed by atoms with E-state index in [0.29, 0.717) is 12.1 Å². The number of para-hydroxylation sites is 1. The predicted octanol–water partition coefficient (Wildman–Crippen LogP) is 6.14. The van der Waals surface area contributed by atoms with Gasteiger partial charge in [0.15, 0.2) is 5.69 Å². The average Bonchev–Trinajstić information content (AvgIpc) is 2.89. The van der Waals surface area contributed by atoms with Crippen molar-refractivity contribution in [3.05, 3.63) is 24.3 Å². The van der Waals surface area contributed by atoms with Gasteiger partial charge < -0.3 is 9.67 Å². The first-order valence-corrected chi connectivity index (χ1v) is 10.7. The van der Waals surface area contributed by atoms with Gasteiger partial charge >= 0.3 is 0 Å². The number of carbonyl (C=O) groups excluding carboxylic acids is 1. The van der Waals surface area contributed by atoms with Crippen LogP contribution in [-0.2, 0) is 4.79 Å². The molecule has 1 aromatic carbocycles. The maximum absolute atomic E-state index is 12.7. The number of aromatic hydroxyl groups is 1. The predicted molar refractivity (Wildman–Crippen MR) is 109 cm³/mol. The van der Waals surface area contributed by atoms with E-state index >= 15 is 0 Å². The van der Waals surface area contributed by atoms with Crippen molar-refractivity contribution < 1.29 is 9.90 Å². The lowest BCUT2D eigenvalue weighted by molar-refractivity contribution is -0.126. The van der Waals surface area contributed by atoms with Gasteiger partial charge in [-0.25, -0.2) is 0 Å². The van der Waals surface area contributed by atoms with Crippen LogP contribution in [0.2, 0.25) is 0 Å². The Morgan fingerprint density at radius 2 is 1.75 bits per heavy atom. The van der Waals surface area contributed by atoms with Crippen molar-refractivity contribution in [2.24, 2.45) is 33.4 Å². The molecule has 0 saturated heterocycles. The molecule has 0 unspecified atom stereocenters. The lowest BCUT2D eigenvalue weighted by Gasteiger charge is -2.56. The van der Waals surface area contributed by atoms with Gasteiger partial charge in [-0.2, -0.15) is 0 Å². The highest BCUT2D eigenvalue weighted by atomic mass is 16.3. The molecule has 1 N–H and O–H groups in total. The molecule has 4 saturated carbocycles. The lowest BCUT2D eigenvalue weighted by atomic mass is 9.49. The summed E-state index contributed by atoms with van der Waals surface area (Å²) >= 11 is 0. The Hall–Kier alpha value is -2.17. The molecule has 1 aromatic heterocycles. The number of rotatable bonds is 4. The number of hydrogen-bond donors (Lipinski definition) is 1. The van der Waals surface area contributed by atoms with E-state index in [4.69, 9.17) is 0 Å². The second-order valence-electron chi connectivity index (χ2n) is 9.84. The number of amides is 1. The second kappa shape index (κ2) is 6.43. The van der Waals surface area contributed by atoms with Gasteiger partial charge in [-0.05, 0) is 81.6 Å². The molecule has 4 aliphatic carbocycles. The van der Waals surface area contributed by atoms with E-state index in [9.17, 15) is 9.90 Å². The van der Waals surface area contributed by atoms with Gasteiger partial charge in [0.25, 0.3) is 5.91 Å². The standard InChI is InChI=1S/C23H29N3O2/c1-14(2)26-19-6-4-3-5-18(19)21(22(26)28)25-24-20(27)13-23-10-15-7-16(11-23)9-17(8-15)12-23/h3-6,14-17,28H,7-13H2,1-2H3. The van der Waals surface area contributed by atoms with Crippen molar-refractivity contribution in [2.75, 3.05) is 0 Å². The molecule has 148 valence electrons. The van der Waals surface area contributed by atoms with Crippen LogP contribution in [0.4, 0.5) is 5.69 Å². The Bertz CT molecular complexity index is 921. The van der Waals surface area contributed by atoms with Crippen molar-refractivity contribution in [1.29, 1.82) is 0 Å². The topological polar surface area (TPSA) is 66.9 Å². The summed E-state index contributed by atoms with van der Waals surface area (Å²) in [5.74, 6) is 2.42. The molecule has 28 heavy (non-hydrogen) atoms. The normalized spacial score (nSPS) is 31.5. The van der Waals surface area contributed by atoms with Crippen molar-refractivity contribution in [3.8, 4) is 5.88 Å². The smallest absolute Gasteiger partial charge is 0.265 e. The number of benzene rings is 1. The second-order valence-corrected chi connectivity index (χ2v) is 9.84. The average molecular weight is 380 g/mol. The van der Waals surface area contributed by atoms with Gasteiger partial charge in [0, 0.05) is 17.8 Å². The SMILES string of the molecule is CC(C)n1c(O)c(N=NC(=O)CC23CC4CC(CC(C4)C2)C3)c2ccccc21. The minimum absolute atomic E-state index is 0.0857. The van der Waals surface area contributed by atoms with E-state index < -0.39 is 0 Å². The molecule has 0 atom stereocenters. The van der Waals surface area contributed by atoms with Crippen LogP contribution in [0.25, 0.3) is 10.9 Å². The molecular weight excluding hydrogens is 350 g/mol. The summed E-state index contributed by atoms with van der Waals surface area (Å²) in [5, 5.41) is 19.8. The molecule has 0 spiro atoms. The quantitative estimate of drug-likeness (QED) is 0.648. The highest BCUT2D eigenvalue weighted by Crippen LogP contribution is 2.61. The molecule has 5 heteroatoms. The summed E-state index contributed by atoms with van der Waals surface area (Å²) in [7, 11) is 0. The van der Waals surface area contributed by atoms with Crippen LogP contribution in [0.3, 0.4) is 0 Å². The minimum Gasteiger partial charge on any atom is -0.493 e. The third kappa shape index (κ3) is 2.87. The van der Waals surface area contributed by atoms with Gasteiger partial charge in [-0.1, -0.05) is 18.2 Å². The van der Waals surface area contributed by atoms with Crippen LogP contribution in [0.1, 0.15) is 64.8 Å². The minimum atomic E-state index is -0.136. The maximum Gasteiger partial charge on any atom is 0.265 e. The molecule has 6 rings (SSSR count). The molecular formula is C23H29N3O2. The van der Waals surface area contributed by atoms with E-state index in [-0.39, 0.29) is 23.2 Å². The van der Waals surface area contributed by atoms with E-state index in [1.54, 1.807) is 0 Å². The Balaban J connectivity index is 1.40. The molecule has 5 nitrogen and oxygen atoms in total. The third-order valence-electron chi connectivity index (χ3n) is 7.33. The number of azo groups is 1. The third-order valence-corrected chi connectivity index (χ3v) is 7.33.